The molecule has 1 unspecified atom stereocenters. The molecule has 0 aliphatic carbocycles. The first-order chi connectivity index (χ1) is 13.0. The van der Waals surface area contributed by atoms with Gasteiger partial charge in [-0.15, -0.1) is 0 Å². The van der Waals surface area contributed by atoms with Crippen molar-refractivity contribution >= 4 is 28.6 Å². The number of hydrogen-bond acceptors (Lipinski definition) is 5. The number of phenols is 1. The molecule has 3 N–H and O–H groups in total. The lowest BCUT2D eigenvalue weighted by Gasteiger charge is -2.15. The zero-order chi connectivity index (χ0) is 19.8. The quantitative estimate of drug-likeness (QED) is 0.733. The maximum atomic E-state index is 12.2. The lowest BCUT2D eigenvalue weighted by Crippen LogP contribution is -2.34. The molecule has 2 amide bonds. The Labute approximate surface area is 163 Å². The highest BCUT2D eigenvalue weighted by Gasteiger charge is 2.32. The number of nitrogens with zero attached hydrogens (tertiary/aromatic N) is 1. The SMILES string of the molecule is CO.Cc1ccc(NC(=O)CN2CC(Cc3ccccc3O)SC2=O)cc1. The van der Waals surface area contributed by atoms with Crippen molar-refractivity contribution < 1.29 is 19.8 Å². The van der Waals surface area contributed by atoms with E-state index < -0.39 is 0 Å². The lowest BCUT2D eigenvalue weighted by molar-refractivity contribution is -0.116. The minimum Gasteiger partial charge on any atom is -0.508 e. The van der Waals surface area contributed by atoms with Gasteiger partial charge in [-0.1, -0.05) is 47.7 Å². The van der Waals surface area contributed by atoms with Gasteiger partial charge in [0.2, 0.25) is 5.91 Å². The number of aromatic hydroxyl groups is 1. The summed E-state index contributed by atoms with van der Waals surface area (Å²) in [6, 6.07) is 14.7. The van der Waals surface area contributed by atoms with Gasteiger partial charge in [0.15, 0.2) is 0 Å². The van der Waals surface area contributed by atoms with Crippen molar-refractivity contribution in [3.63, 3.8) is 0 Å². The molecule has 1 heterocycles. The van der Waals surface area contributed by atoms with Gasteiger partial charge in [-0.3, -0.25) is 9.59 Å². The monoisotopic (exact) mass is 388 g/mol. The van der Waals surface area contributed by atoms with Gasteiger partial charge in [-0.25, -0.2) is 0 Å². The Bertz CT molecular complexity index is 780. The van der Waals surface area contributed by atoms with Crippen LogP contribution < -0.4 is 5.32 Å². The second-order valence-electron chi connectivity index (χ2n) is 6.13. The topological polar surface area (TPSA) is 89.9 Å². The molecular formula is C20H24N2O4S. The second kappa shape index (κ2) is 9.99. The van der Waals surface area contributed by atoms with Crippen LogP contribution in [0.1, 0.15) is 11.1 Å². The second-order valence-corrected chi connectivity index (χ2v) is 7.38. The van der Waals surface area contributed by atoms with Crippen LogP contribution in [0.3, 0.4) is 0 Å². The van der Waals surface area contributed by atoms with Crippen molar-refractivity contribution in [2.45, 2.75) is 18.6 Å². The van der Waals surface area contributed by atoms with Crippen LogP contribution in [0, 0.1) is 6.92 Å². The Morgan fingerprint density at radius 1 is 1.19 bits per heavy atom. The highest BCUT2D eigenvalue weighted by atomic mass is 32.2. The van der Waals surface area contributed by atoms with Gasteiger partial charge in [-0.05, 0) is 37.1 Å². The number of nitrogens with one attached hydrogen (secondary N) is 1. The summed E-state index contributed by atoms with van der Waals surface area (Å²) in [7, 11) is 1.00. The number of hydrogen-bond donors (Lipinski definition) is 3. The average Bonchev–Trinajstić information content (AvgIpc) is 2.99. The van der Waals surface area contributed by atoms with Crippen LogP contribution in [0.5, 0.6) is 5.75 Å². The van der Waals surface area contributed by atoms with Crippen LogP contribution >= 0.6 is 11.8 Å². The maximum absolute atomic E-state index is 12.2. The molecule has 1 fully saturated rings. The molecule has 0 spiro atoms. The lowest BCUT2D eigenvalue weighted by atomic mass is 10.1. The summed E-state index contributed by atoms with van der Waals surface area (Å²) in [6.45, 7) is 2.52. The van der Waals surface area contributed by atoms with Gasteiger partial charge in [0, 0.05) is 24.6 Å². The number of phenolic OH excluding ortho intramolecular Hbond substituents is 1. The molecule has 1 saturated heterocycles. The van der Waals surface area contributed by atoms with E-state index in [1.807, 2.05) is 43.3 Å². The van der Waals surface area contributed by atoms with Crippen LogP contribution in [0.25, 0.3) is 0 Å². The van der Waals surface area contributed by atoms with E-state index >= 15 is 0 Å². The summed E-state index contributed by atoms with van der Waals surface area (Å²) >= 11 is 1.22. The predicted octanol–water partition coefficient (Wildman–Crippen LogP) is 3.03. The Kier molecular flexibility index (Phi) is 7.69. The molecular weight excluding hydrogens is 364 g/mol. The largest absolute Gasteiger partial charge is 0.508 e. The minimum absolute atomic E-state index is 0.0352. The summed E-state index contributed by atoms with van der Waals surface area (Å²) in [4.78, 5) is 25.9. The first-order valence-corrected chi connectivity index (χ1v) is 9.43. The number of amides is 2. The molecule has 6 nitrogen and oxygen atoms in total. The molecule has 3 rings (SSSR count). The molecule has 0 aromatic heterocycles. The number of aliphatic hydroxyl groups excluding tert-OH is 1. The molecule has 0 radical (unpaired) electrons. The average molecular weight is 388 g/mol. The highest BCUT2D eigenvalue weighted by Crippen LogP contribution is 2.30. The van der Waals surface area contributed by atoms with E-state index in [1.54, 1.807) is 17.0 Å². The molecule has 27 heavy (non-hydrogen) atoms. The predicted molar refractivity (Wildman–Crippen MR) is 108 cm³/mol. The smallest absolute Gasteiger partial charge is 0.282 e. The minimum atomic E-state index is -0.207. The molecule has 0 bridgehead atoms. The number of para-hydroxylation sites is 1. The first-order valence-electron chi connectivity index (χ1n) is 8.55. The summed E-state index contributed by atoms with van der Waals surface area (Å²) in [5, 5.41) is 19.6. The third-order valence-electron chi connectivity index (χ3n) is 4.06. The highest BCUT2D eigenvalue weighted by molar-refractivity contribution is 8.14. The number of thioether (sulfide) groups is 1. The summed E-state index contributed by atoms with van der Waals surface area (Å²) < 4.78 is 0. The fraction of sp³-hybridized carbons (Fsp3) is 0.300. The molecule has 1 atom stereocenters. The zero-order valence-corrected chi connectivity index (χ0v) is 16.2. The number of aryl methyl sites for hydroxylation is 1. The Morgan fingerprint density at radius 2 is 1.85 bits per heavy atom. The van der Waals surface area contributed by atoms with E-state index in [4.69, 9.17) is 5.11 Å². The van der Waals surface area contributed by atoms with E-state index in [9.17, 15) is 14.7 Å². The van der Waals surface area contributed by atoms with Gasteiger partial charge in [0.1, 0.15) is 12.3 Å². The third kappa shape index (κ3) is 6.01. The van der Waals surface area contributed by atoms with Crippen molar-refractivity contribution in [2.24, 2.45) is 0 Å². The van der Waals surface area contributed by atoms with E-state index in [-0.39, 0.29) is 28.7 Å². The Balaban J connectivity index is 0.00000126. The third-order valence-corrected chi connectivity index (χ3v) is 5.17. The fourth-order valence-corrected chi connectivity index (χ4v) is 3.84. The van der Waals surface area contributed by atoms with Crippen molar-refractivity contribution in [3.05, 3.63) is 59.7 Å². The van der Waals surface area contributed by atoms with Crippen LogP contribution in [0.2, 0.25) is 0 Å². The molecule has 2 aromatic carbocycles. The Morgan fingerprint density at radius 3 is 2.52 bits per heavy atom. The number of anilines is 1. The van der Waals surface area contributed by atoms with Crippen LogP contribution in [-0.2, 0) is 11.2 Å². The standard InChI is InChI=1S/C19H20N2O3S.CH4O/c1-13-6-8-15(9-7-13)20-18(23)12-21-11-16(25-19(21)24)10-14-4-2-3-5-17(14)22;1-2/h2-9,16,22H,10-12H2,1H3,(H,20,23);2H,1H3. The van der Waals surface area contributed by atoms with Gasteiger partial charge in [-0.2, -0.15) is 0 Å². The number of rotatable bonds is 5. The Hall–Kier alpha value is -2.51. The van der Waals surface area contributed by atoms with Crippen LogP contribution in [0.4, 0.5) is 10.5 Å². The van der Waals surface area contributed by atoms with E-state index in [0.29, 0.717) is 13.0 Å². The number of aliphatic hydroxyl groups is 1. The van der Waals surface area contributed by atoms with E-state index in [2.05, 4.69) is 5.32 Å². The molecule has 2 aromatic rings. The van der Waals surface area contributed by atoms with Gasteiger partial charge < -0.3 is 20.4 Å². The van der Waals surface area contributed by atoms with E-state index in [0.717, 1.165) is 23.9 Å². The molecule has 0 saturated carbocycles. The number of carbonyl (C=O) groups excluding carboxylic acids is 2. The van der Waals surface area contributed by atoms with Crippen molar-refractivity contribution in [2.75, 3.05) is 25.5 Å². The van der Waals surface area contributed by atoms with Crippen LogP contribution in [-0.4, -0.2) is 51.7 Å². The van der Waals surface area contributed by atoms with E-state index in [1.165, 1.54) is 11.8 Å². The molecule has 7 heteroatoms. The summed E-state index contributed by atoms with van der Waals surface area (Å²) in [5.41, 5.74) is 2.66. The van der Waals surface area contributed by atoms with Gasteiger partial charge in [0.25, 0.3) is 5.24 Å². The van der Waals surface area contributed by atoms with Crippen molar-refractivity contribution in [3.8, 4) is 5.75 Å². The zero-order valence-electron chi connectivity index (χ0n) is 15.4. The number of carbonyl (C=O) groups is 2. The number of benzene rings is 2. The molecule has 144 valence electrons. The maximum Gasteiger partial charge on any atom is 0.282 e. The summed E-state index contributed by atoms with van der Waals surface area (Å²) in [6.07, 6.45) is 0.596. The normalized spacial score (nSPS) is 15.9. The summed E-state index contributed by atoms with van der Waals surface area (Å²) in [5.74, 6) is 0.0344. The first kappa shape index (κ1) is 20.8. The van der Waals surface area contributed by atoms with Crippen molar-refractivity contribution in [1.29, 1.82) is 0 Å². The van der Waals surface area contributed by atoms with Crippen molar-refractivity contribution in [1.82, 2.24) is 4.90 Å². The van der Waals surface area contributed by atoms with Gasteiger partial charge in [0.05, 0.1) is 0 Å². The fourth-order valence-electron chi connectivity index (χ4n) is 2.75. The molecule has 1 aliphatic rings. The van der Waals surface area contributed by atoms with Gasteiger partial charge >= 0.3 is 0 Å². The molecule has 1 aliphatic heterocycles. The van der Waals surface area contributed by atoms with Crippen LogP contribution in [0.15, 0.2) is 48.5 Å².